The molecule has 0 saturated carbocycles. The van der Waals surface area contributed by atoms with E-state index in [1.807, 2.05) is 30.6 Å². The van der Waals surface area contributed by atoms with Crippen molar-refractivity contribution in [1.82, 2.24) is 15.1 Å². The molecule has 102 valence electrons. The van der Waals surface area contributed by atoms with Crippen molar-refractivity contribution in [1.29, 1.82) is 0 Å². The Bertz CT molecular complexity index is 481. The van der Waals surface area contributed by atoms with Crippen LogP contribution >= 0.6 is 0 Å². The fourth-order valence-corrected chi connectivity index (χ4v) is 1.97. The van der Waals surface area contributed by atoms with Gasteiger partial charge >= 0.3 is 0 Å². The van der Waals surface area contributed by atoms with E-state index in [1.165, 1.54) is 0 Å². The minimum absolute atomic E-state index is 0.407. The summed E-state index contributed by atoms with van der Waals surface area (Å²) in [5, 5.41) is 17.4. The minimum atomic E-state index is -0.407. The molecule has 2 rings (SSSR count). The summed E-state index contributed by atoms with van der Waals surface area (Å²) in [6.45, 7) is 4.17. The van der Waals surface area contributed by atoms with Gasteiger partial charge in [0.25, 0.3) is 0 Å². The monoisotopic (exact) mass is 259 g/mol. The predicted octanol–water partition coefficient (Wildman–Crippen LogP) is 1.91. The zero-order valence-electron chi connectivity index (χ0n) is 11.3. The standard InChI is InChI=1S/C15H21N3O/c1-2-8-16-10-15(19)12-18-11-14(9-17-18)13-6-4-3-5-7-13/h3-7,9,11,15-16,19H,2,8,10,12H2,1H3. The number of aromatic nitrogens is 2. The van der Waals surface area contributed by atoms with Crippen molar-refractivity contribution in [3.05, 3.63) is 42.7 Å². The summed E-state index contributed by atoms with van der Waals surface area (Å²) >= 11 is 0. The van der Waals surface area contributed by atoms with Crippen LogP contribution in [-0.4, -0.2) is 34.1 Å². The van der Waals surface area contributed by atoms with E-state index in [0.717, 1.165) is 24.1 Å². The van der Waals surface area contributed by atoms with E-state index in [-0.39, 0.29) is 0 Å². The third kappa shape index (κ3) is 4.19. The molecule has 0 saturated heterocycles. The van der Waals surface area contributed by atoms with Crippen LogP contribution in [0.2, 0.25) is 0 Å². The van der Waals surface area contributed by atoms with E-state index in [1.54, 1.807) is 4.68 Å². The molecule has 4 heteroatoms. The van der Waals surface area contributed by atoms with Crippen LogP contribution < -0.4 is 5.32 Å². The number of nitrogens with one attached hydrogen (secondary N) is 1. The molecular weight excluding hydrogens is 238 g/mol. The van der Waals surface area contributed by atoms with Crippen LogP contribution in [0.25, 0.3) is 11.1 Å². The third-order valence-corrected chi connectivity index (χ3v) is 2.94. The lowest BCUT2D eigenvalue weighted by molar-refractivity contribution is 0.147. The SMILES string of the molecule is CCCNCC(O)Cn1cc(-c2ccccc2)cn1. The van der Waals surface area contributed by atoms with Crippen molar-refractivity contribution >= 4 is 0 Å². The van der Waals surface area contributed by atoms with E-state index < -0.39 is 6.10 Å². The average molecular weight is 259 g/mol. The Morgan fingerprint density at radius 1 is 1.26 bits per heavy atom. The van der Waals surface area contributed by atoms with Gasteiger partial charge in [-0.15, -0.1) is 0 Å². The maximum atomic E-state index is 9.89. The molecule has 0 radical (unpaired) electrons. The van der Waals surface area contributed by atoms with Crippen molar-refractivity contribution in [3.63, 3.8) is 0 Å². The van der Waals surface area contributed by atoms with E-state index in [4.69, 9.17) is 0 Å². The molecule has 1 unspecified atom stereocenters. The summed E-state index contributed by atoms with van der Waals surface area (Å²) in [6, 6.07) is 10.1. The maximum absolute atomic E-state index is 9.89. The number of aliphatic hydroxyl groups is 1. The molecule has 1 aromatic carbocycles. The first-order chi connectivity index (χ1) is 9.29. The first-order valence-corrected chi connectivity index (χ1v) is 6.76. The van der Waals surface area contributed by atoms with Crippen molar-refractivity contribution < 1.29 is 5.11 Å². The fraction of sp³-hybridized carbons (Fsp3) is 0.400. The van der Waals surface area contributed by atoms with Crippen molar-refractivity contribution in [2.75, 3.05) is 13.1 Å². The largest absolute Gasteiger partial charge is 0.390 e. The highest BCUT2D eigenvalue weighted by atomic mass is 16.3. The topological polar surface area (TPSA) is 50.1 Å². The normalized spacial score (nSPS) is 12.5. The Kier molecular flexibility index (Phi) is 5.12. The Morgan fingerprint density at radius 2 is 2.05 bits per heavy atom. The van der Waals surface area contributed by atoms with Gasteiger partial charge in [0.2, 0.25) is 0 Å². The molecule has 0 spiro atoms. The average Bonchev–Trinajstić information content (AvgIpc) is 2.88. The van der Waals surface area contributed by atoms with Gasteiger partial charge in [-0.3, -0.25) is 4.68 Å². The molecule has 19 heavy (non-hydrogen) atoms. The highest BCUT2D eigenvalue weighted by molar-refractivity contribution is 5.61. The molecule has 1 atom stereocenters. The van der Waals surface area contributed by atoms with Gasteiger partial charge in [-0.25, -0.2) is 0 Å². The molecule has 0 aliphatic heterocycles. The van der Waals surface area contributed by atoms with Crippen LogP contribution in [0, 0.1) is 0 Å². The van der Waals surface area contributed by atoms with Crippen LogP contribution in [0.3, 0.4) is 0 Å². The lowest BCUT2D eigenvalue weighted by atomic mass is 10.1. The number of aliphatic hydroxyl groups excluding tert-OH is 1. The van der Waals surface area contributed by atoms with Crippen LogP contribution in [0.4, 0.5) is 0 Å². The lowest BCUT2D eigenvalue weighted by Crippen LogP contribution is -2.30. The molecule has 0 bridgehead atoms. The molecule has 0 amide bonds. The van der Waals surface area contributed by atoms with Crippen LogP contribution in [0.15, 0.2) is 42.7 Å². The summed E-state index contributed by atoms with van der Waals surface area (Å²) in [4.78, 5) is 0. The molecule has 2 N–H and O–H groups in total. The predicted molar refractivity (Wildman–Crippen MR) is 76.8 cm³/mol. The Balaban J connectivity index is 1.91. The summed E-state index contributed by atoms with van der Waals surface area (Å²) in [6.07, 6.45) is 4.47. The molecule has 0 aliphatic rings. The summed E-state index contributed by atoms with van der Waals surface area (Å²) < 4.78 is 1.79. The Hall–Kier alpha value is -1.65. The Morgan fingerprint density at radius 3 is 2.79 bits per heavy atom. The van der Waals surface area contributed by atoms with Gasteiger partial charge in [0, 0.05) is 18.3 Å². The van der Waals surface area contributed by atoms with Gasteiger partial charge in [0.15, 0.2) is 0 Å². The van der Waals surface area contributed by atoms with E-state index in [2.05, 4.69) is 29.5 Å². The van der Waals surface area contributed by atoms with Crippen molar-refractivity contribution in [2.45, 2.75) is 26.0 Å². The molecule has 0 aliphatic carbocycles. The van der Waals surface area contributed by atoms with Crippen molar-refractivity contribution in [3.8, 4) is 11.1 Å². The lowest BCUT2D eigenvalue weighted by Gasteiger charge is -2.11. The molecule has 1 aromatic heterocycles. The summed E-state index contributed by atoms with van der Waals surface area (Å²) in [5.74, 6) is 0. The van der Waals surface area contributed by atoms with Gasteiger partial charge in [0.1, 0.15) is 0 Å². The van der Waals surface area contributed by atoms with Gasteiger partial charge in [0.05, 0.1) is 18.8 Å². The quantitative estimate of drug-likeness (QED) is 0.747. The first kappa shape index (κ1) is 13.8. The first-order valence-electron chi connectivity index (χ1n) is 6.76. The molecule has 1 heterocycles. The maximum Gasteiger partial charge on any atom is 0.0860 e. The molecular formula is C15H21N3O. The second kappa shape index (κ2) is 7.07. The van der Waals surface area contributed by atoms with Gasteiger partial charge in [-0.05, 0) is 18.5 Å². The number of nitrogens with zero attached hydrogens (tertiary/aromatic N) is 2. The third-order valence-electron chi connectivity index (χ3n) is 2.94. The second-order valence-corrected chi connectivity index (χ2v) is 4.68. The fourth-order valence-electron chi connectivity index (χ4n) is 1.97. The number of benzene rings is 1. The molecule has 4 nitrogen and oxygen atoms in total. The van der Waals surface area contributed by atoms with Gasteiger partial charge in [-0.1, -0.05) is 37.3 Å². The molecule has 2 aromatic rings. The van der Waals surface area contributed by atoms with Crippen LogP contribution in [-0.2, 0) is 6.54 Å². The summed E-state index contributed by atoms with van der Waals surface area (Å²) in [5.41, 5.74) is 2.22. The second-order valence-electron chi connectivity index (χ2n) is 4.68. The number of hydrogen-bond donors (Lipinski definition) is 2. The number of rotatable bonds is 7. The highest BCUT2D eigenvalue weighted by Crippen LogP contribution is 2.17. The smallest absolute Gasteiger partial charge is 0.0860 e. The van der Waals surface area contributed by atoms with Crippen LogP contribution in [0.5, 0.6) is 0 Å². The van der Waals surface area contributed by atoms with Crippen LogP contribution in [0.1, 0.15) is 13.3 Å². The highest BCUT2D eigenvalue weighted by Gasteiger charge is 2.06. The van der Waals surface area contributed by atoms with E-state index in [0.29, 0.717) is 13.1 Å². The Labute approximate surface area is 114 Å². The van der Waals surface area contributed by atoms with E-state index >= 15 is 0 Å². The number of hydrogen-bond acceptors (Lipinski definition) is 3. The van der Waals surface area contributed by atoms with Crippen molar-refractivity contribution in [2.24, 2.45) is 0 Å². The van der Waals surface area contributed by atoms with Gasteiger partial charge in [-0.2, -0.15) is 5.10 Å². The zero-order valence-corrected chi connectivity index (χ0v) is 11.3. The van der Waals surface area contributed by atoms with Gasteiger partial charge < -0.3 is 10.4 Å². The van der Waals surface area contributed by atoms with E-state index in [9.17, 15) is 5.11 Å². The minimum Gasteiger partial charge on any atom is -0.390 e. The molecule has 0 fully saturated rings. The summed E-state index contributed by atoms with van der Waals surface area (Å²) in [7, 11) is 0. The zero-order chi connectivity index (χ0) is 13.5.